The third-order valence-corrected chi connectivity index (χ3v) is 4.36. The SMILES string of the molecule is CNC(Cc1ccc(F)cc1Cl)CC(C)C(C)(C)C. The molecule has 0 aliphatic carbocycles. The van der Waals surface area contributed by atoms with E-state index in [0.717, 1.165) is 18.4 Å². The lowest BCUT2D eigenvalue weighted by Gasteiger charge is -2.31. The second-order valence-corrected chi connectivity index (χ2v) is 6.84. The molecule has 0 aliphatic heterocycles. The Labute approximate surface area is 121 Å². The van der Waals surface area contributed by atoms with Gasteiger partial charge in [0.1, 0.15) is 5.82 Å². The molecule has 0 aromatic heterocycles. The van der Waals surface area contributed by atoms with Gasteiger partial charge in [-0.2, -0.15) is 0 Å². The molecule has 108 valence electrons. The number of likely N-dealkylation sites (N-methyl/N-ethyl adjacent to an activating group) is 1. The van der Waals surface area contributed by atoms with E-state index < -0.39 is 0 Å². The molecule has 0 heterocycles. The van der Waals surface area contributed by atoms with Gasteiger partial charge < -0.3 is 5.32 Å². The molecule has 0 amide bonds. The van der Waals surface area contributed by atoms with E-state index in [1.807, 2.05) is 7.05 Å². The summed E-state index contributed by atoms with van der Waals surface area (Å²) in [6, 6.07) is 5.00. The number of hydrogen-bond acceptors (Lipinski definition) is 1. The Hall–Kier alpha value is -0.600. The summed E-state index contributed by atoms with van der Waals surface area (Å²) < 4.78 is 13.0. The van der Waals surface area contributed by atoms with Crippen molar-refractivity contribution in [2.45, 2.75) is 46.6 Å². The Kier molecular flexibility index (Phi) is 5.82. The molecule has 0 fully saturated rings. The van der Waals surface area contributed by atoms with Gasteiger partial charge in [0.25, 0.3) is 0 Å². The van der Waals surface area contributed by atoms with Gasteiger partial charge in [-0.05, 0) is 48.9 Å². The van der Waals surface area contributed by atoms with Crippen molar-refractivity contribution < 1.29 is 4.39 Å². The summed E-state index contributed by atoms with van der Waals surface area (Å²) in [6.45, 7) is 9.05. The zero-order valence-corrected chi connectivity index (χ0v) is 13.3. The van der Waals surface area contributed by atoms with Gasteiger partial charge in [0, 0.05) is 11.1 Å². The highest BCUT2D eigenvalue weighted by Gasteiger charge is 2.23. The van der Waals surface area contributed by atoms with Crippen molar-refractivity contribution in [2.75, 3.05) is 7.05 Å². The molecule has 0 radical (unpaired) electrons. The minimum Gasteiger partial charge on any atom is -0.317 e. The van der Waals surface area contributed by atoms with Crippen LogP contribution in [0.15, 0.2) is 18.2 Å². The fourth-order valence-electron chi connectivity index (χ4n) is 2.04. The van der Waals surface area contributed by atoms with Crippen LogP contribution in [-0.4, -0.2) is 13.1 Å². The molecule has 2 atom stereocenters. The normalized spacial score (nSPS) is 15.3. The molecule has 1 N–H and O–H groups in total. The average Bonchev–Trinajstić information content (AvgIpc) is 2.30. The second kappa shape index (κ2) is 6.71. The monoisotopic (exact) mass is 285 g/mol. The van der Waals surface area contributed by atoms with Crippen molar-refractivity contribution >= 4 is 11.6 Å². The highest BCUT2D eigenvalue weighted by Crippen LogP contribution is 2.30. The minimum absolute atomic E-state index is 0.280. The summed E-state index contributed by atoms with van der Waals surface area (Å²) in [7, 11) is 1.97. The largest absolute Gasteiger partial charge is 0.317 e. The molecular formula is C16H25ClFN. The number of nitrogens with one attached hydrogen (secondary N) is 1. The predicted molar refractivity (Wildman–Crippen MR) is 81.2 cm³/mol. The smallest absolute Gasteiger partial charge is 0.124 e. The first kappa shape index (κ1) is 16.5. The Morgan fingerprint density at radius 2 is 1.95 bits per heavy atom. The number of hydrogen-bond donors (Lipinski definition) is 1. The van der Waals surface area contributed by atoms with Crippen molar-refractivity contribution in [1.29, 1.82) is 0 Å². The van der Waals surface area contributed by atoms with Crippen LogP contribution in [0.4, 0.5) is 4.39 Å². The van der Waals surface area contributed by atoms with E-state index in [2.05, 4.69) is 33.0 Å². The number of rotatable bonds is 5. The average molecular weight is 286 g/mol. The van der Waals surface area contributed by atoms with Crippen molar-refractivity contribution in [3.63, 3.8) is 0 Å². The van der Waals surface area contributed by atoms with Gasteiger partial charge >= 0.3 is 0 Å². The molecule has 1 aromatic carbocycles. The molecule has 0 spiro atoms. The molecule has 1 nitrogen and oxygen atoms in total. The lowest BCUT2D eigenvalue weighted by atomic mass is 9.78. The molecule has 0 saturated carbocycles. The second-order valence-electron chi connectivity index (χ2n) is 6.43. The first-order valence-corrected chi connectivity index (χ1v) is 7.23. The number of benzene rings is 1. The predicted octanol–water partition coefficient (Wildman–Crippen LogP) is 4.68. The topological polar surface area (TPSA) is 12.0 Å². The van der Waals surface area contributed by atoms with Gasteiger partial charge in [-0.25, -0.2) is 4.39 Å². The van der Waals surface area contributed by atoms with E-state index in [9.17, 15) is 4.39 Å². The van der Waals surface area contributed by atoms with Crippen molar-refractivity contribution in [1.82, 2.24) is 5.32 Å². The van der Waals surface area contributed by atoms with E-state index >= 15 is 0 Å². The quantitative estimate of drug-likeness (QED) is 0.828. The van der Waals surface area contributed by atoms with Crippen LogP contribution >= 0.6 is 11.6 Å². The highest BCUT2D eigenvalue weighted by atomic mass is 35.5. The lowest BCUT2D eigenvalue weighted by molar-refractivity contribution is 0.225. The van der Waals surface area contributed by atoms with Gasteiger partial charge in [-0.3, -0.25) is 0 Å². The van der Waals surface area contributed by atoms with Gasteiger partial charge in [-0.1, -0.05) is 45.4 Å². The maximum Gasteiger partial charge on any atom is 0.124 e. The van der Waals surface area contributed by atoms with Gasteiger partial charge in [0.15, 0.2) is 0 Å². The zero-order valence-electron chi connectivity index (χ0n) is 12.6. The van der Waals surface area contributed by atoms with Crippen LogP contribution in [0.2, 0.25) is 5.02 Å². The first-order valence-electron chi connectivity index (χ1n) is 6.85. The van der Waals surface area contributed by atoms with Crippen LogP contribution < -0.4 is 5.32 Å². The van der Waals surface area contributed by atoms with Crippen LogP contribution in [0.25, 0.3) is 0 Å². The summed E-state index contributed by atoms with van der Waals surface area (Å²) in [4.78, 5) is 0. The van der Waals surface area contributed by atoms with E-state index in [0.29, 0.717) is 22.4 Å². The summed E-state index contributed by atoms with van der Waals surface area (Å²) in [5, 5.41) is 3.86. The molecule has 1 aromatic rings. The van der Waals surface area contributed by atoms with Crippen molar-refractivity contribution in [3.8, 4) is 0 Å². The van der Waals surface area contributed by atoms with Crippen LogP contribution in [0, 0.1) is 17.2 Å². The van der Waals surface area contributed by atoms with Crippen molar-refractivity contribution in [3.05, 3.63) is 34.6 Å². The standard InChI is InChI=1S/C16H25ClFN/c1-11(16(2,3)4)8-14(19-5)9-12-6-7-13(18)10-15(12)17/h6-7,10-11,14,19H,8-9H2,1-5H3. The van der Waals surface area contributed by atoms with Gasteiger partial charge in [-0.15, -0.1) is 0 Å². The van der Waals surface area contributed by atoms with Gasteiger partial charge in [0.2, 0.25) is 0 Å². The van der Waals surface area contributed by atoms with Crippen LogP contribution in [0.3, 0.4) is 0 Å². The minimum atomic E-state index is -0.280. The molecule has 1 rings (SSSR count). The van der Waals surface area contributed by atoms with E-state index in [4.69, 9.17) is 11.6 Å². The Bertz CT molecular complexity index is 412. The maximum absolute atomic E-state index is 13.0. The summed E-state index contributed by atoms with van der Waals surface area (Å²) in [6.07, 6.45) is 1.91. The fourth-order valence-corrected chi connectivity index (χ4v) is 2.28. The third-order valence-electron chi connectivity index (χ3n) is 4.01. The van der Waals surface area contributed by atoms with Crippen molar-refractivity contribution in [2.24, 2.45) is 11.3 Å². The molecule has 3 heteroatoms. The zero-order chi connectivity index (χ0) is 14.6. The Morgan fingerprint density at radius 3 is 2.42 bits per heavy atom. The van der Waals surface area contributed by atoms with Gasteiger partial charge in [0.05, 0.1) is 0 Å². The molecule has 2 unspecified atom stereocenters. The number of halogens is 2. The molecule has 0 saturated heterocycles. The van der Waals surface area contributed by atoms with E-state index in [1.54, 1.807) is 6.07 Å². The first-order chi connectivity index (χ1) is 8.74. The maximum atomic E-state index is 13.0. The summed E-state index contributed by atoms with van der Waals surface area (Å²) >= 11 is 6.09. The molecule has 19 heavy (non-hydrogen) atoms. The molecule has 0 aliphatic rings. The Morgan fingerprint density at radius 1 is 1.32 bits per heavy atom. The summed E-state index contributed by atoms with van der Waals surface area (Å²) in [5.41, 5.74) is 1.30. The molecule has 0 bridgehead atoms. The third kappa shape index (κ3) is 5.12. The van der Waals surface area contributed by atoms with Crippen LogP contribution in [0.5, 0.6) is 0 Å². The lowest BCUT2D eigenvalue weighted by Crippen LogP contribution is -2.33. The van der Waals surface area contributed by atoms with Crippen LogP contribution in [-0.2, 0) is 6.42 Å². The van der Waals surface area contributed by atoms with E-state index in [-0.39, 0.29) is 5.82 Å². The fraction of sp³-hybridized carbons (Fsp3) is 0.625. The highest BCUT2D eigenvalue weighted by molar-refractivity contribution is 6.31. The Balaban J connectivity index is 2.72. The molecular weight excluding hydrogens is 261 g/mol. The summed E-state index contributed by atoms with van der Waals surface area (Å²) in [5.74, 6) is 0.321. The van der Waals surface area contributed by atoms with Crippen LogP contribution in [0.1, 0.15) is 39.7 Å². The van der Waals surface area contributed by atoms with E-state index in [1.165, 1.54) is 12.1 Å².